The number of benzene rings is 2. The minimum Gasteiger partial charge on any atom is -0.466 e. The van der Waals surface area contributed by atoms with Gasteiger partial charge < -0.3 is 14.4 Å². The van der Waals surface area contributed by atoms with Crippen LogP contribution in [0.4, 0.5) is 30.7 Å². The number of likely N-dealkylation sites (tertiary alicyclic amines) is 1. The van der Waals surface area contributed by atoms with Crippen molar-refractivity contribution in [3.63, 3.8) is 0 Å². The smallest absolute Gasteiger partial charge is 0.416 e. The Labute approximate surface area is 234 Å². The van der Waals surface area contributed by atoms with E-state index in [0.29, 0.717) is 44.7 Å². The fourth-order valence-corrected chi connectivity index (χ4v) is 6.13. The number of halogens is 7. The van der Waals surface area contributed by atoms with Crippen LogP contribution in [0.2, 0.25) is 0 Å². The highest BCUT2D eigenvalue weighted by Gasteiger charge is 2.42. The molecule has 2 aromatic carbocycles. The van der Waals surface area contributed by atoms with Gasteiger partial charge in [0.25, 0.3) is 0 Å². The van der Waals surface area contributed by atoms with Crippen molar-refractivity contribution < 1.29 is 45.0 Å². The molecule has 2 aliphatic rings. The van der Waals surface area contributed by atoms with E-state index in [4.69, 9.17) is 9.47 Å². The molecule has 4 nitrogen and oxygen atoms in total. The third-order valence-electron chi connectivity index (χ3n) is 8.06. The Morgan fingerprint density at radius 3 is 2.20 bits per heavy atom. The first-order valence-electron chi connectivity index (χ1n) is 13.9. The van der Waals surface area contributed by atoms with E-state index in [2.05, 4.69) is 4.90 Å². The number of alkyl halides is 6. The minimum atomic E-state index is -4.96. The van der Waals surface area contributed by atoms with Gasteiger partial charge in [0.2, 0.25) is 0 Å². The first-order valence-corrected chi connectivity index (χ1v) is 13.9. The number of nitrogens with zero attached hydrogens (tertiary/aromatic N) is 1. The molecule has 11 heteroatoms. The van der Waals surface area contributed by atoms with E-state index in [1.165, 1.54) is 19.1 Å². The summed E-state index contributed by atoms with van der Waals surface area (Å²) in [5.41, 5.74) is -2.22. The maximum absolute atomic E-state index is 13.8. The summed E-state index contributed by atoms with van der Waals surface area (Å²) < 4.78 is 106. The Hall–Kier alpha value is -2.66. The summed E-state index contributed by atoms with van der Waals surface area (Å²) in [5.74, 6) is -1.14. The lowest BCUT2D eigenvalue weighted by Gasteiger charge is -2.35. The number of hydrogen-bond acceptors (Lipinski definition) is 4. The molecular formula is C30H34F7NO3. The summed E-state index contributed by atoms with van der Waals surface area (Å²) in [6, 6.07) is 7.43. The van der Waals surface area contributed by atoms with Crippen molar-refractivity contribution in [1.82, 2.24) is 4.90 Å². The summed E-state index contributed by atoms with van der Waals surface area (Å²) >= 11 is 0. The Bertz CT molecular complexity index is 1150. The largest absolute Gasteiger partial charge is 0.466 e. The Balaban J connectivity index is 1.57. The molecule has 1 aliphatic carbocycles. The first kappa shape index (κ1) is 31.3. The molecule has 0 bridgehead atoms. The molecule has 1 unspecified atom stereocenters. The highest BCUT2D eigenvalue weighted by atomic mass is 19.4. The average molecular weight is 590 g/mol. The molecule has 1 saturated carbocycles. The zero-order chi connectivity index (χ0) is 29.9. The zero-order valence-corrected chi connectivity index (χ0v) is 22.9. The lowest BCUT2D eigenvalue weighted by atomic mass is 9.86. The van der Waals surface area contributed by atoms with Crippen molar-refractivity contribution in [3.05, 3.63) is 70.5 Å². The van der Waals surface area contributed by atoms with Crippen LogP contribution in [0.3, 0.4) is 0 Å². The predicted octanol–water partition coefficient (Wildman–Crippen LogP) is 7.78. The van der Waals surface area contributed by atoms with Crippen molar-refractivity contribution in [2.45, 2.75) is 70.0 Å². The molecule has 0 amide bonds. The van der Waals surface area contributed by atoms with Gasteiger partial charge in [-0.25, -0.2) is 4.39 Å². The van der Waals surface area contributed by atoms with Crippen LogP contribution in [0.25, 0.3) is 0 Å². The number of carbonyl (C=O) groups excluding carboxylic acids is 1. The van der Waals surface area contributed by atoms with Crippen LogP contribution in [0, 0.1) is 17.7 Å². The van der Waals surface area contributed by atoms with E-state index in [1.54, 1.807) is 19.1 Å². The van der Waals surface area contributed by atoms with Crippen molar-refractivity contribution >= 4 is 5.97 Å². The van der Waals surface area contributed by atoms with Crippen LogP contribution in [-0.2, 0) is 26.6 Å². The lowest BCUT2D eigenvalue weighted by Crippen LogP contribution is -2.42. The van der Waals surface area contributed by atoms with Crippen LogP contribution in [0.1, 0.15) is 73.8 Å². The van der Waals surface area contributed by atoms with Gasteiger partial charge in [0, 0.05) is 19.0 Å². The maximum atomic E-state index is 13.8. The van der Waals surface area contributed by atoms with Gasteiger partial charge >= 0.3 is 18.3 Å². The number of ether oxygens (including phenoxy) is 2. The quantitative estimate of drug-likeness (QED) is 0.233. The molecule has 0 radical (unpaired) electrons. The van der Waals surface area contributed by atoms with Crippen LogP contribution < -0.4 is 0 Å². The second-order valence-corrected chi connectivity index (χ2v) is 10.9. The number of hydrogen-bond donors (Lipinski definition) is 0. The van der Waals surface area contributed by atoms with Crippen LogP contribution >= 0.6 is 0 Å². The second-order valence-electron chi connectivity index (χ2n) is 10.9. The molecular weight excluding hydrogens is 555 g/mol. The molecule has 0 N–H and O–H groups in total. The third-order valence-corrected chi connectivity index (χ3v) is 8.06. The van der Waals surface area contributed by atoms with Crippen molar-refractivity contribution in [2.24, 2.45) is 11.8 Å². The topological polar surface area (TPSA) is 38.8 Å². The first-order chi connectivity index (χ1) is 19.3. The molecule has 2 fully saturated rings. The number of carbonyl (C=O) groups is 1. The van der Waals surface area contributed by atoms with Gasteiger partial charge in [0.15, 0.2) is 0 Å². The zero-order valence-electron chi connectivity index (χ0n) is 22.9. The summed E-state index contributed by atoms with van der Waals surface area (Å²) in [7, 11) is 0. The molecule has 1 saturated heterocycles. The number of piperidine rings is 1. The molecule has 0 spiro atoms. The molecule has 41 heavy (non-hydrogen) atoms. The standard InChI is InChI=1S/C30H34F7NO3/c1-3-40-28(39)21-5-4-12-38(17-21)16-20-8-11-26(27(20)19-6-9-25(31)10-7-19)41-18(2)22-13-23(29(32,33)34)15-24(14-22)30(35,36)37/h6-7,9-10,13-15,18,20-21,26-27H,3-5,8,11-12,16-17H2,1-2H3/t18?,20-,21+,26-,27-/m0/s1. The SMILES string of the molecule is CCOC(=O)[C@@H]1CCCN(C[C@@H]2CC[C@H](OC(C)c3cc(C(F)(F)F)cc(C(F)(F)F)c3)[C@H]2c2ccc(F)cc2)C1. The number of esters is 1. The van der Waals surface area contributed by atoms with E-state index in [9.17, 15) is 35.5 Å². The molecule has 5 atom stereocenters. The second kappa shape index (κ2) is 12.7. The minimum absolute atomic E-state index is 0.0193. The fourth-order valence-electron chi connectivity index (χ4n) is 6.13. The lowest BCUT2D eigenvalue weighted by molar-refractivity contribution is -0.150. The summed E-state index contributed by atoms with van der Waals surface area (Å²) in [6.45, 7) is 5.45. The molecule has 0 aromatic heterocycles. The third kappa shape index (κ3) is 7.80. The van der Waals surface area contributed by atoms with E-state index in [-0.39, 0.29) is 35.4 Å². The normalized spacial score (nSPS) is 24.8. The Kier molecular flexibility index (Phi) is 9.68. The summed E-state index contributed by atoms with van der Waals surface area (Å²) in [4.78, 5) is 14.5. The van der Waals surface area contributed by atoms with Gasteiger partial charge in [-0.2, -0.15) is 26.3 Å². The average Bonchev–Trinajstić information content (AvgIpc) is 3.29. The van der Waals surface area contributed by atoms with Gasteiger partial charge in [-0.1, -0.05) is 12.1 Å². The Morgan fingerprint density at radius 2 is 1.61 bits per heavy atom. The predicted molar refractivity (Wildman–Crippen MR) is 137 cm³/mol. The maximum Gasteiger partial charge on any atom is 0.416 e. The van der Waals surface area contributed by atoms with Crippen LogP contribution in [0.5, 0.6) is 0 Å². The van der Waals surface area contributed by atoms with Gasteiger partial charge in [-0.3, -0.25) is 4.79 Å². The van der Waals surface area contributed by atoms with Gasteiger partial charge in [0.1, 0.15) is 5.82 Å². The van der Waals surface area contributed by atoms with Crippen molar-refractivity contribution in [1.29, 1.82) is 0 Å². The van der Waals surface area contributed by atoms with Gasteiger partial charge in [-0.05, 0) is 93.5 Å². The highest BCUT2D eigenvalue weighted by Crippen LogP contribution is 2.45. The van der Waals surface area contributed by atoms with Crippen LogP contribution in [0.15, 0.2) is 42.5 Å². The van der Waals surface area contributed by atoms with Crippen molar-refractivity contribution in [2.75, 3.05) is 26.2 Å². The molecule has 226 valence electrons. The highest BCUT2D eigenvalue weighted by molar-refractivity contribution is 5.72. The molecule has 2 aromatic rings. The fraction of sp³-hybridized carbons (Fsp3) is 0.567. The monoisotopic (exact) mass is 589 g/mol. The number of rotatable bonds is 8. The van der Waals surface area contributed by atoms with Crippen molar-refractivity contribution in [3.8, 4) is 0 Å². The van der Waals surface area contributed by atoms with E-state index in [1.807, 2.05) is 0 Å². The van der Waals surface area contributed by atoms with E-state index in [0.717, 1.165) is 24.9 Å². The van der Waals surface area contributed by atoms with E-state index < -0.39 is 41.5 Å². The molecule has 4 rings (SSSR count). The van der Waals surface area contributed by atoms with Gasteiger partial charge in [-0.15, -0.1) is 0 Å². The molecule has 1 heterocycles. The summed E-state index contributed by atoms with van der Waals surface area (Å²) in [5, 5.41) is 0. The van der Waals surface area contributed by atoms with E-state index >= 15 is 0 Å². The Morgan fingerprint density at radius 1 is 0.976 bits per heavy atom. The van der Waals surface area contributed by atoms with Gasteiger partial charge in [0.05, 0.1) is 35.9 Å². The van der Waals surface area contributed by atoms with Crippen LogP contribution in [-0.4, -0.2) is 43.2 Å². The summed E-state index contributed by atoms with van der Waals surface area (Å²) in [6.07, 6.45) is -8.72. The molecule has 1 aliphatic heterocycles.